The molecule has 4 aromatic carbocycles. The predicted molar refractivity (Wildman–Crippen MR) is 231 cm³/mol. The first-order chi connectivity index (χ1) is 26.9. The van der Waals surface area contributed by atoms with Gasteiger partial charge in [0.15, 0.2) is 0 Å². The number of carbonyl (C=O) groups excluding carboxylic acids is 3. The van der Waals surface area contributed by atoms with Gasteiger partial charge in [0, 0.05) is 41.9 Å². The van der Waals surface area contributed by atoms with E-state index in [9.17, 15) is 19.2 Å². The molecule has 2 amide bonds. The summed E-state index contributed by atoms with van der Waals surface area (Å²) in [5, 5.41) is 16.7. The molecule has 0 aliphatic carbocycles. The second kappa shape index (κ2) is 18.6. The fourth-order valence-electron chi connectivity index (χ4n) is 6.04. The van der Waals surface area contributed by atoms with Crippen molar-refractivity contribution in [3.8, 4) is 0 Å². The van der Waals surface area contributed by atoms with Gasteiger partial charge in [-0.1, -0.05) is 103 Å². The highest BCUT2D eigenvalue weighted by Gasteiger charge is 2.48. The zero-order chi connectivity index (χ0) is 41.7. The summed E-state index contributed by atoms with van der Waals surface area (Å²) >= 11 is 31.2. The highest BCUT2D eigenvalue weighted by Crippen LogP contribution is 2.33. The number of rotatable bonds is 10. The highest BCUT2D eigenvalue weighted by atomic mass is 79.9. The molecule has 2 atom stereocenters. The number of methoxy groups -OCH3 is 1. The maximum absolute atomic E-state index is 13.4. The highest BCUT2D eigenvalue weighted by molar-refractivity contribution is 9.10. The molecule has 0 unspecified atom stereocenters. The van der Waals surface area contributed by atoms with Crippen molar-refractivity contribution in [1.29, 1.82) is 0 Å². The molecular formula is C39H34Br2Cl4N6O6. The average Bonchev–Trinajstić information content (AvgIpc) is 3.54. The molecule has 4 aromatic rings. The molecule has 2 aliphatic rings. The Bertz CT molecular complexity index is 2220. The number of guanidine groups is 2. The third kappa shape index (κ3) is 11.1. The van der Waals surface area contributed by atoms with Crippen LogP contribution in [0.25, 0.3) is 0 Å². The van der Waals surface area contributed by atoms with E-state index in [0.717, 1.165) is 20.1 Å². The van der Waals surface area contributed by atoms with Crippen molar-refractivity contribution in [2.75, 3.05) is 30.0 Å². The third-order valence-corrected chi connectivity index (χ3v) is 10.6. The number of carboxylic acid groups (broad SMARTS) is 1. The number of hydrogen-bond donors (Lipinski definition) is 3. The molecule has 2 aliphatic heterocycles. The van der Waals surface area contributed by atoms with E-state index in [1.807, 2.05) is 48.5 Å². The Hall–Kier alpha value is -4.18. The lowest BCUT2D eigenvalue weighted by Crippen LogP contribution is -2.46. The van der Waals surface area contributed by atoms with Crippen molar-refractivity contribution < 1.29 is 29.0 Å². The smallest absolute Gasteiger partial charge is 0.327 e. The number of nitrogens with one attached hydrogen (secondary N) is 2. The fraction of sp³-hybridized carbons (Fsp3) is 0.231. The van der Waals surface area contributed by atoms with E-state index in [0.29, 0.717) is 44.3 Å². The number of carboxylic acids is 1. The first-order valence-corrected chi connectivity index (χ1v) is 20.0. The van der Waals surface area contributed by atoms with Crippen molar-refractivity contribution in [3.63, 3.8) is 0 Å². The molecule has 2 heterocycles. The third-order valence-electron chi connectivity index (χ3n) is 8.65. The van der Waals surface area contributed by atoms with Crippen molar-refractivity contribution in [2.45, 2.75) is 37.8 Å². The molecule has 57 heavy (non-hydrogen) atoms. The summed E-state index contributed by atoms with van der Waals surface area (Å²) < 4.78 is 6.54. The molecule has 6 rings (SSSR count). The topological polar surface area (TPSA) is 153 Å². The van der Waals surface area contributed by atoms with Gasteiger partial charge in [-0.15, -0.1) is 0 Å². The van der Waals surface area contributed by atoms with Gasteiger partial charge in [0.05, 0.1) is 18.5 Å². The summed E-state index contributed by atoms with van der Waals surface area (Å²) in [6.07, 6.45) is 0.803. The van der Waals surface area contributed by atoms with E-state index >= 15 is 0 Å². The molecule has 12 nitrogen and oxygen atoms in total. The minimum Gasteiger partial charge on any atom is -0.480 e. The Morgan fingerprint density at radius 1 is 0.667 bits per heavy atom. The van der Waals surface area contributed by atoms with Crippen LogP contribution in [0.15, 0.2) is 104 Å². The lowest BCUT2D eigenvalue weighted by atomic mass is 9.93. The zero-order valence-corrected chi connectivity index (χ0v) is 36.7. The van der Waals surface area contributed by atoms with Gasteiger partial charge < -0.3 is 20.5 Å². The first kappa shape index (κ1) is 43.9. The van der Waals surface area contributed by atoms with Gasteiger partial charge in [0.2, 0.25) is 11.9 Å². The molecule has 18 heteroatoms. The number of benzene rings is 4. The molecule has 2 saturated heterocycles. The Morgan fingerprint density at radius 2 is 1.02 bits per heavy atom. The fourth-order valence-corrected chi connectivity index (χ4v) is 7.60. The van der Waals surface area contributed by atoms with Crippen LogP contribution in [0.2, 0.25) is 20.1 Å². The molecule has 3 N–H and O–H groups in total. The number of amides is 2. The molecule has 298 valence electrons. The van der Waals surface area contributed by atoms with Crippen LogP contribution in [0.5, 0.6) is 0 Å². The lowest BCUT2D eigenvalue weighted by molar-refractivity contribution is -0.139. The number of nitrogens with zero attached hydrogens (tertiary/aromatic N) is 4. The standard InChI is InChI=1S/C20H18BrCl2N3O3.C19H16BrCl2N3O3/c1-20(10-12-3-5-13(21)6-4-12)18(28)26(16-8-14(22)7-15(23)9-16)19(25-20)24-11-17(27)29-2;1-19(9-11-2-4-12(20)5-3-11)17(28)25(18(24-19)23-10-16(26)27)15-7-13(21)6-14(22)8-15/h3-9H,10-11H2,1-2H3,(H,24,25);2-8H,9-10H2,1H3,(H,23,24)(H,26,27)/t20-;19-/m11/s1. The van der Waals surface area contributed by atoms with Crippen LogP contribution >= 0.6 is 78.3 Å². The van der Waals surface area contributed by atoms with Gasteiger partial charge in [-0.25, -0.2) is 19.8 Å². The average molecular weight is 984 g/mol. The monoisotopic (exact) mass is 980 g/mol. The minimum atomic E-state index is -1.10. The summed E-state index contributed by atoms with van der Waals surface area (Å²) in [5.74, 6) is -1.76. The molecule has 0 aromatic heterocycles. The van der Waals surface area contributed by atoms with E-state index in [1.165, 1.54) is 16.9 Å². The van der Waals surface area contributed by atoms with E-state index in [-0.39, 0.29) is 30.3 Å². The SMILES string of the molecule is COC(=O)CN=C1N[C@](C)(Cc2ccc(Br)cc2)C(=O)N1c1cc(Cl)cc(Cl)c1.C[C@]1(Cc2ccc(Br)cc2)NC(=NCC(=O)O)N(c2cc(Cl)cc(Cl)c2)C1=O. The van der Waals surface area contributed by atoms with E-state index < -0.39 is 29.6 Å². The first-order valence-electron chi connectivity index (χ1n) is 16.9. The Labute approximate surface area is 365 Å². The zero-order valence-electron chi connectivity index (χ0n) is 30.5. The van der Waals surface area contributed by atoms with Gasteiger partial charge in [-0.3, -0.25) is 19.2 Å². The molecular weight excluding hydrogens is 950 g/mol. The van der Waals surface area contributed by atoms with Crippen LogP contribution < -0.4 is 20.4 Å². The molecule has 2 fully saturated rings. The number of esters is 1. The summed E-state index contributed by atoms with van der Waals surface area (Å²) in [5.41, 5.74) is 0.795. The van der Waals surface area contributed by atoms with Gasteiger partial charge in [-0.2, -0.15) is 0 Å². The Kier molecular flexibility index (Phi) is 14.3. The van der Waals surface area contributed by atoms with E-state index in [2.05, 4.69) is 57.2 Å². The van der Waals surface area contributed by atoms with Gasteiger partial charge >= 0.3 is 11.9 Å². The van der Waals surface area contributed by atoms with Crippen LogP contribution in [0.4, 0.5) is 11.4 Å². The molecule has 0 spiro atoms. The number of ether oxygens (including phenoxy) is 1. The normalized spacial score (nSPS) is 20.3. The number of anilines is 2. The van der Waals surface area contributed by atoms with E-state index in [1.54, 1.807) is 50.2 Å². The minimum absolute atomic E-state index is 0.144. The van der Waals surface area contributed by atoms with Crippen molar-refractivity contribution in [2.24, 2.45) is 9.98 Å². The summed E-state index contributed by atoms with van der Waals surface area (Å²) in [7, 11) is 1.28. The van der Waals surface area contributed by atoms with Crippen LogP contribution in [-0.2, 0) is 36.8 Å². The number of aliphatic carboxylic acids is 1. The summed E-state index contributed by atoms with van der Waals surface area (Å²) in [4.78, 5) is 60.3. The molecule has 0 saturated carbocycles. The maximum Gasteiger partial charge on any atom is 0.327 e. The number of carbonyl (C=O) groups is 4. The maximum atomic E-state index is 13.4. The van der Waals surface area contributed by atoms with Crippen LogP contribution in [0, 0.1) is 0 Å². The van der Waals surface area contributed by atoms with Crippen LogP contribution in [0.1, 0.15) is 25.0 Å². The van der Waals surface area contributed by atoms with Gasteiger partial charge in [0.25, 0.3) is 11.8 Å². The van der Waals surface area contributed by atoms with E-state index in [4.69, 9.17) is 51.5 Å². The predicted octanol–water partition coefficient (Wildman–Crippen LogP) is 8.36. The Balaban J connectivity index is 0.000000218. The summed E-state index contributed by atoms with van der Waals surface area (Å²) in [6.45, 7) is 2.83. The second-order valence-electron chi connectivity index (χ2n) is 13.3. The molecule has 0 radical (unpaired) electrons. The lowest BCUT2D eigenvalue weighted by Gasteiger charge is -2.22. The largest absolute Gasteiger partial charge is 0.480 e. The van der Waals surface area contributed by atoms with Crippen LogP contribution in [0.3, 0.4) is 0 Å². The number of aliphatic imine (C=N–C) groups is 2. The van der Waals surface area contributed by atoms with Crippen molar-refractivity contribution in [1.82, 2.24) is 10.6 Å². The molecule has 0 bridgehead atoms. The summed E-state index contributed by atoms with van der Waals surface area (Å²) in [6, 6.07) is 24.8. The quantitative estimate of drug-likeness (QED) is 0.134. The van der Waals surface area contributed by atoms with Crippen molar-refractivity contribution in [3.05, 3.63) is 125 Å². The van der Waals surface area contributed by atoms with Gasteiger partial charge in [0.1, 0.15) is 24.2 Å². The van der Waals surface area contributed by atoms with Crippen LogP contribution in [-0.4, -0.2) is 72.1 Å². The Morgan fingerprint density at radius 3 is 1.35 bits per heavy atom. The number of halogens is 6. The van der Waals surface area contributed by atoms with Crippen molar-refractivity contribution >= 4 is 125 Å². The van der Waals surface area contributed by atoms with Gasteiger partial charge in [-0.05, 0) is 85.6 Å². The second-order valence-corrected chi connectivity index (χ2v) is 16.9. The number of hydrogen-bond acceptors (Lipinski definition) is 7.